The third-order valence-electron chi connectivity index (χ3n) is 3.21. The number of nitrogens with two attached hydrogens (primary N) is 2. The largest absolute Gasteiger partial charge is 0.394 e. The molecule has 0 aromatic carbocycles. The predicted molar refractivity (Wildman–Crippen MR) is 66.0 cm³/mol. The molecule has 2 aromatic rings. The van der Waals surface area contributed by atoms with E-state index in [1.165, 1.54) is 10.9 Å². The third-order valence-corrected chi connectivity index (χ3v) is 3.21. The Kier molecular flexibility index (Phi) is 2.92. The van der Waals surface area contributed by atoms with E-state index in [-0.39, 0.29) is 22.9 Å². The van der Waals surface area contributed by atoms with Crippen molar-refractivity contribution in [3.63, 3.8) is 0 Å². The average Bonchev–Trinajstić information content (AvgIpc) is 2.93. The van der Waals surface area contributed by atoms with E-state index < -0.39 is 31.2 Å². The summed E-state index contributed by atoms with van der Waals surface area (Å²) in [5.74, 6) is 0.00832. The minimum absolute atomic E-state index is 0.0697. The van der Waals surface area contributed by atoms with Crippen molar-refractivity contribution in [2.45, 2.75) is 24.6 Å². The SMILES string of the molecule is Nc1nc(N)c2ncn(C3OC(CO)C(F)C3O)c2n1. The van der Waals surface area contributed by atoms with Gasteiger partial charge in [-0.25, -0.2) is 9.37 Å². The van der Waals surface area contributed by atoms with E-state index in [9.17, 15) is 9.50 Å². The van der Waals surface area contributed by atoms with Crippen LogP contribution < -0.4 is 11.5 Å². The first-order chi connectivity index (χ1) is 9.52. The molecule has 6 N–H and O–H groups in total. The molecule has 4 unspecified atom stereocenters. The van der Waals surface area contributed by atoms with Gasteiger partial charge in [0.05, 0.1) is 12.9 Å². The van der Waals surface area contributed by atoms with Crippen LogP contribution in [0.25, 0.3) is 11.2 Å². The van der Waals surface area contributed by atoms with Crippen molar-refractivity contribution in [2.24, 2.45) is 0 Å². The van der Waals surface area contributed by atoms with E-state index in [1.54, 1.807) is 0 Å². The first kappa shape index (κ1) is 13.0. The molecule has 0 bridgehead atoms. The molecule has 20 heavy (non-hydrogen) atoms. The van der Waals surface area contributed by atoms with Crippen LogP contribution in [-0.4, -0.2) is 54.7 Å². The quantitative estimate of drug-likeness (QED) is 0.525. The molecule has 10 heteroatoms. The van der Waals surface area contributed by atoms with E-state index in [0.29, 0.717) is 0 Å². The van der Waals surface area contributed by atoms with Crippen molar-refractivity contribution < 1.29 is 19.3 Å². The molecule has 1 saturated heterocycles. The Labute approximate surface area is 112 Å². The normalized spacial score (nSPS) is 30.1. The van der Waals surface area contributed by atoms with Gasteiger partial charge in [0.25, 0.3) is 0 Å². The Morgan fingerprint density at radius 2 is 2.15 bits per heavy atom. The number of rotatable bonds is 2. The molecular formula is C10H13FN6O3. The molecule has 108 valence electrons. The van der Waals surface area contributed by atoms with Gasteiger partial charge in [0, 0.05) is 0 Å². The van der Waals surface area contributed by atoms with Gasteiger partial charge in [-0.15, -0.1) is 0 Å². The molecule has 0 saturated carbocycles. The highest BCUT2D eigenvalue weighted by Gasteiger charge is 2.45. The first-order valence-electron chi connectivity index (χ1n) is 5.87. The summed E-state index contributed by atoms with van der Waals surface area (Å²) < 4.78 is 20.3. The number of imidazole rings is 1. The molecule has 0 spiro atoms. The van der Waals surface area contributed by atoms with E-state index in [0.717, 1.165) is 0 Å². The number of alkyl halides is 1. The number of anilines is 2. The molecule has 2 aromatic heterocycles. The fourth-order valence-electron chi connectivity index (χ4n) is 2.23. The highest BCUT2D eigenvalue weighted by Crippen LogP contribution is 2.33. The van der Waals surface area contributed by atoms with Crippen LogP contribution in [0.4, 0.5) is 16.2 Å². The fourth-order valence-corrected chi connectivity index (χ4v) is 2.23. The van der Waals surface area contributed by atoms with Crippen LogP contribution in [0.5, 0.6) is 0 Å². The Hall–Kier alpha value is -2.04. The zero-order valence-electron chi connectivity index (χ0n) is 10.2. The van der Waals surface area contributed by atoms with Crippen LogP contribution in [0.2, 0.25) is 0 Å². The lowest BCUT2D eigenvalue weighted by Gasteiger charge is -2.16. The summed E-state index contributed by atoms with van der Waals surface area (Å²) in [6.07, 6.45) is -4.04. The maximum atomic E-state index is 13.7. The molecular weight excluding hydrogens is 271 g/mol. The van der Waals surface area contributed by atoms with E-state index in [1.807, 2.05) is 0 Å². The summed E-state index contributed by atoms with van der Waals surface area (Å²) in [5, 5.41) is 18.9. The van der Waals surface area contributed by atoms with Gasteiger partial charge >= 0.3 is 0 Å². The number of halogens is 1. The van der Waals surface area contributed by atoms with Gasteiger partial charge in [0.1, 0.15) is 17.7 Å². The van der Waals surface area contributed by atoms with Gasteiger partial charge < -0.3 is 26.4 Å². The van der Waals surface area contributed by atoms with Crippen LogP contribution >= 0.6 is 0 Å². The predicted octanol–water partition coefficient (Wildman–Crippen LogP) is -1.42. The van der Waals surface area contributed by atoms with Crippen molar-refractivity contribution in [1.29, 1.82) is 0 Å². The Morgan fingerprint density at radius 3 is 2.80 bits per heavy atom. The van der Waals surface area contributed by atoms with Crippen molar-refractivity contribution >= 4 is 22.9 Å². The van der Waals surface area contributed by atoms with Gasteiger partial charge in [-0.2, -0.15) is 9.97 Å². The van der Waals surface area contributed by atoms with Crippen molar-refractivity contribution in [2.75, 3.05) is 18.1 Å². The van der Waals surface area contributed by atoms with E-state index in [2.05, 4.69) is 15.0 Å². The summed E-state index contributed by atoms with van der Waals surface area (Å²) in [6, 6.07) is 0. The van der Waals surface area contributed by atoms with Crippen LogP contribution in [0.1, 0.15) is 6.23 Å². The fraction of sp³-hybridized carbons (Fsp3) is 0.500. The Balaban J connectivity index is 2.07. The average molecular weight is 284 g/mol. The Bertz CT molecular complexity index is 649. The zero-order chi connectivity index (χ0) is 14.4. The van der Waals surface area contributed by atoms with Gasteiger partial charge in [-0.1, -0.05) is 0 Å². The second-order valence-corrected chi connectivity index (χ2v) is 4.47. The van der Waals surface area contributed by atoms with Crippen molar-refractivity contribution in [1.82, 2.24) is 19.5 Å². The summed E-state index contributed by atoms with van der Waals surface area (Å²) in [5.41, 5.74) is 11.7. The number of aliphatic hydroxyl groups is 2. The second-order valence-electron chi connectivity index (χ2n) is 4.47. The number of nitrogens with zero attached hydrogens (tertiary/aromatic N) is 4. The summed E-state index contributed by atoms with van der Waals surface area (Å²) >= 11 is 0. The lowest BCUT2D eigenvalue weighted by molar-refractivity contribution is -0.0495. The minimum atomic E-state index is -1.71. The third kappa shape index (κ3) is 1.77. The van der Waals surface area contributed by atoms with Crippen molar-refractivity contribution in [3.8, 4) is 0 Å². The van der Waals surface area contributed by atoms with Gasteiger partial charge in [-0.3, -0.25) is 4.57 Å². The minimum Gasteiger partial charge on any atom is -0.394 e. The molecule has 3 rings (SSSR count). The van der Waals surface area contributed by atoms with Gasteiger partial charge in [0.15, 0.2) is 23.9 Å². The van der Waals surface area contributed by atoms with Crippen LogP contribution in [0, 0.1) is 0 Å². The first-order valence-corrected chi connectivity index (χ1v) is 5.87. The molecule has 0 radical (unpaired) electrons. The number of fused-ring (bicyclic) bond motifs is 1. The molecule has 9 nitrogen and oxygen atoms in total. The standard InChI is InChI=1S/C10H13FN6O3/c11-4-3(1-18)20-9(6(4)19)17-2-14-5-7(12)15-10(13)16-8(5)17/h2-4,6,9,18-19H,1H2,(H4,12,13,15,16). The molecule has 0 aliphatic carbocycles. The second kappa shape index (κ2) is 4.51. The van der Waals surface area contributed by atoms with Crippen LogP contribution in [0.15, 0.2) is 6.33 Å². The molecule has 1 fully saturated rings. The lowest BCUT2D eigenvalue weighted by Crippen LogP contribution is -2.29. The van der Waals surface area contributed by atoms with Gasteiger partial charge in [-0.05, 0) is 0 Å². The summed E-state index contributed by atoms with van der Waals surface area (Å²) in [6.45, 7) is -0.541. The molecule has 0 amide bonds. The van der Waals surface area contributed by atoms with Gasteiger partial charge in [0.2, 0.25) is 5.95 Å². The topological polar surface area (TPSA) is 145 Å². The van der Waals surface area contributed by atoms with E-state index >= 15 is 0 Å². The number of ether oxygens (including phenoxy) is 1. The maximum absolute atomic E-state index is 13.7. The molecule has 1 aliphatic heterocycles. The highest BCUT2D eigenvalue weighted by molar-refractivity contribution is 5.82. The zero-order valence-corrected chi connectivity index (χ0v) is 10.2. The monoisotopic (exact) mass is 284 g/mol. The summed E-state index contributed by atoms with van der Waals surface area (Å²) in [7, 11) is 0. The van der Waals surface area contributed by atoms with Crippen LogP contribution in [0.3, 0.4) is 0 Å². The Morgan fingerprint density at radius 1 is 1.40 bits per heavy atom. The molecule has 4 atom stereocenters. The number of hydrogen-bond acceptors (Lipinski definition) is 8. The highest BCUT2D eigenvalue weighted by atomic mass is 19.1. The number of nitrogen functional groups attached to an aromatic ring is 2. The maximum Gasteiger partial charge on any atom is 0.224 e. The molecule has 3 heterocycles. The molecule has 1 aliphatic rings. The number of hydrogen-bond donors (Lipinski definition) is 4. The lowest BCUT2D eigenvalue weighted by atomic mass is 10.1. The smallest absolute Gasteiger partial charge is 0.224 e. The van der Waals surface area contributed by atoms with Crippen molar-refractivity contribution in [3.05, 3.63) is 6.33 Å². The number of aromatic nitrogens is 4. The summed E-state index contributed by atoms with van der Waals surface area (Å²) in [4.78, 5) is 11.7. The van der Waals surface area contributed by atoms with E-state index in [4.69, 9.17) is 21.3 Å². The van der Waals surface area contributed by atoms with Crippen LogP contribution in [-0.2, 0) is 4.74 Å². The number of aliphatic hydroxyl groups excluding tert-OH is 2.